The van der Waals surface area contributed by atoms with Crippen LogP contribution in [-0.4, -0.2) is 25.1 Å². The minimum atomic E-state index is 0.104. The number of benzene rings is 2. The fourth-order valence-electron chi connectivity index (χ4n) is 2.65. The molecule has 0 bridgehead atoms. The van der Waals surface area contributed by atoms with Crippen LogP contribution in [-0.2, 0) is 11.3 Å². The SMILES string of the molecule is C[C@@H](OCCCNC(=S)NCc1ccc2c(c1)OCO2)c1ccccc1. The summed E-state index contributed by atoms with van der Waals surface area (Å²) < 4.78 is 16.5. The van der Waals surface area contributed by atoms with Gasteiger partial charge in [0.15, 0.2) is 16.6 Å². The molecule has 26 heavy (non-hydrogen) atoms. The van der Waals surface area contributed by atoms with Crippen LogP contribution in [0.15, 0.2) is 48.5 Å². The Balaban J connectivity index is 1.28. The molecule has 0 fully saturated rings. The van der Waals surface area contributed by atoms with Gasteiger partial charge in [0.1, 0.15) is 0 Å². The topological polar surface area (TPSA) is 51.8 Å². The summed E-state index contributed by atoms with van der Waals surface area (Å²) in [7, 11) is 0. The summed E-state index contributed by atoms with van der Waals surface area (Å²) in [6.45, 7) is 4.46. The van der Waals surface area contributed by atoms with Crippen molar-refractivity contribution in [3.05, 3.63) is 59.7 Å². The van der Waals surface area contributed by atoms with E-state index in [0.29, 0.717) is 18.3 Å². The highest BCUT2D eigenvalue weighted by Gasteiger charge is 2.13. The third-order valence-electron chi connectivity index (χ3n) is 4.13. The van der Waals surface area contributed by atoms with Gasteiger partial charge in [0.05, 0.1) is 6.10 Å². The van der Waals surface area contributed by atoms with Crippen molar-refractivity contribution in [3.63, 3.8) is 0 Å². The van der Waals surface area contributed by atoms with Gasteiger partial charge in [0, 0.05) is 19.7 Å². The molecule has 2 aromatic rings. The van der Waals surface area contributed by atoms with Crippen LogP contribution < -0.4 is 20.1 Å². The molecular weight excluding hydrogens is 348 g/mol. The van der Waals surface area contributed by atoms with Gasteiger partial charge >= 0.3 is 0 Å². The minimum absolute atomic E-state index is 0.104. The number of thiocarbonyl (C=S) groups is 1. The van der Waals surface area contributed by atoms with E-state index in [4.69, 9.17) is 26.4 Å². The first-order valence-electron chi connectivity index (χ1n) is 8.79. The quantitative estimate of drug-likeness (QED) is 0.546. The van der Waals surface area contributed by atoms with Gasteiger partial charge < -0.3 is 24.8 Å². The van der Waals surface area contributed by atoms with E-state index in [9.17, 15) is 0 Å². The van der Waals surface area contributed by atoms with Crippen molar-refractivity contribution in [1.82, 2.24) is 10.6 Å². The zero-order valence-corrected chi connectivity index (χ0v) is 15.7. The van der Waals surface area contributed by atoms with E-state index in [0.717, 1.165) is 30.0 Å². The first kappa shape index (κ1) is 18.5. The molecule has 0 spiro atoms. The molecule has 0 aliphatic carbocycles. The lowest BCUT2D eigenvalue weighted by molar-refractivity contribution is 0.0646. The van der Waals surface area contributed by atoms with Crippen molar-refractivity contribution in [2.45, 2.75) is 26.0 Å². The Kier molecular flexibility index (Phi) is 6.68. The summed E-state index contributed by atoms with van der Waals surface area (Å²) >= 11 is 5.31. The summed E-state index contributed by atoms with van der Waals surface area (Å²) in [6, 6.07) is 16.1. The van der Waals surface area contributed by atoms with Gasteiger partial charge in [0.25, 0.3) is 0 Å². The first-order chi connectivity index (χ1) is 12.7. The van der Waals surface area contributed by atoms with E-state index in [2.05, 4.69) is 29.7 Å². The largest absolute Gasteiger partial charge is 0.454 e. The molecule has 2 N–H and O–H groups in total. The second-order valence-electron chi connectivity index (χ2n) is 6.07. The van der Waals surface area contributed by atoms with Crippen molar-refractivity contribution in [1.29, 1.82) is 0 Å². The molecule has 0 radical (unpaired) electrons. The van der Waals surface area contributed by atoms with E-state index in [1.807, 2.05) is 36.4 Å². The molecule has 1 aliphatic heterocycles. The number of hydrogen-bond acceptors (Lipinski definition) is 4. The number of ether oxygens (including phenoxy) is 3. The van der Waals surface area contributed by atoms with Crippen LogP contribution in [0.3, 0.4) is 0 Å². The van der Waals surface area contributed by atoms with Gasteiger partial charge in [-0.15, -0.1) is 0 Å². The fraction of sp³-hybridized carbons (Fsp3) is 0.350. The summed E-state index contributed by atoms with van der Waals surface area (Å²) in [5.74, 6) is 1.58. The first-order valence-corrected chi connectivity index (χ1v) is 9.20. The number of fused-ring (bicyclic) bond motifs is 1. The number of hydrogen-bond donors (Lipinski definition) is 2. The van der Waals surface area contributed by atoms with Crippen molar-refractivity contribution in [3.8, 4) is 11.5 Å². The molecule has 3 rings (SSSR count). The molecule has 5 nitrogen and oxygen atoms in total. The van der Waals surface area contributed by atoms with E-state index < -0.39 is 0 Å². The van der Waals surface area contributed by atoms with Crippen molar-refractivity contribution in [2.75, 3.05) is 19.9 Å². The zero-order valence-electron chi connectivity index (χ0n) is 14.9. The molecule has 2 aromatic carbocycles. The highest BCUT2D eigenvalue weighted by Crippen LogP contribution is 2.32. The van der Waals surface area contributed by atoms with Gasteiger partial charge in [-0.1, -0.05) is 36.4 Å². The van der Waals surface area contributed by atoms with Gasteiger partial charge in [0.2, 0.25) is 6.79 Å². The lowest BCUT2D eigenvalue weighted by Crippen LogP contribution is -2.35. The standard InChI is InChI=1S/C20H24N2O3S/c1-15(17-6-3-2-4-7-17)23-11-5-10-21-20(26)22-13-16-8-9-18-19(12-16)25-14-24-18/h2-4,6-9,12,15H,5,10-11,13-14H2,1H3,(H2,21,22,26)/t15-/m1/s1. The van der Waals surface area contributed by atoms with Crippen molar-refractivity contribution in [2.24, 2.45) is 0 Å². The second kappa shape index (κ2) is 9.40. The van der Waals surface area contributed by atoms with Crippen LogP contribution >= 0.6 is 12.2 Å². The van der Waals surface area contributed by atoms with Crippen LogP contribution in [0.2, 0.25) is 0 Å². The third-order valence-corrected chi connectivity index (χ3v) is 4.42. The highest BCUT2D eigenvalue weighted by molar-refractivity contribution is 7.80. The van der Waals surface area contributed by atoms with Crippen LogP contribution in [0.4, 0.5) is 0 Å². The van der Waals surface area contributed by atoms with Crippen LogP contribution in [0.5, 0.6) is 11.5 Å². The van der Waals surface area contributed by atoms with Gasteiger partial charge in [-0.25, -0.2) is 0 Å². The molecule has 0 saturated heterocycles. The Labute approximate surface area is 159 Å². The molecule has 1 atom stereocenters. The molecule has 0 saturated carbocycles. The molecule has 0 aromatic heterocycles. The van der Waals surface area contributed by atoms with Crippen molar-refractivity contribution >= 4 is 17.3 Å². The number of nitrogens with one attached hydrogen (secondary N) is 2. The average molecular weight is 372 g/mol. The predicted octanol–water partition coefficient (Wildman–Crippen LogP) is 3.55. The third kappa shape index (κ3) is 5.34. The van der Waals surface area contributed by atoms with E-state index in [1.54, 1.807) is 0 Å². The lowest BCUT2D eigenvalue weighted by Gasteiger charge is -2.14. The van der Waals surface area contributed by atoms with Crippen molar-refractivity contribution < 1.29 is 14.2 Å². The minimum Gasteiger partial charge on any atom is -0.454 e. The molecule has 1 aliphatic rings. The Bertz CT molecular complexity index is 724. The normalized spacial score (nSPS) is 13.3. The highest BCUT2D eigenvalue weighted by atomic mass is 32.1. The fourth-order valence-corrected chi connectivity index (χ4v) is 2.82. The van der Waals surface area contributed by atoms with E-state index in [-0.39, 0.29) is 12.9 Å². The van der Waals surface area contributed by atoms with Crippen LogP contribution in [0.1, 0.15) is 30.6 Å². The Morgan fingerprint density at radius 2 is 1.92 bits per heavy atom. The number of rotatable bonds is 8. The monoisotopic (exact) mass is 372 g/mol. The smallest absolute Gasteiger partial charge is 0.231 e. The molecule has 6 heteroatoms. The Morgan fingerprint density at radius 3 is 2.77 bits per heavy atom. The van der Waals surface area contributed by atoms with Crippen LogP contribution in [0, 0.1) is 0 Å². The lowest BCUT2D eigenvalue weighted by atomic mass is 10.1. The molecule has 138 valence electrons. The average Bonchev–Trinajstić information content (AvgIpc) is 3.14. The van der Waals surface area contributed by atoms with Gasteiger partial charge in [-0.2, -0.15) is 0 Å². The van der Waals surface area contributed by atoms with Gasteiger partial charge in [-0.05, 0) is 48.8 Å². The van der Waals surface area contributed by atoms with Crippen LogP contribution in [0.25, 0.3) is 0 Å². The summed E-state index contributed by atoms with van der Waals surface area (Å²) in [5, 5.41) is 7.04. The Morgan fingerprint density at radius 1 is 1.12 bits per heavy atom. The maximum atomic E-state index is 5.85. The summed E-state index contributed by atoms with van der Waals surface area (Å²) in [4.78, 5) is 0. The zero-order chi connectivity index (χ0) is 18.2. The van der Waals surface area contributed by atoms with E-state index in [1.165, 1.54) is 5.56 Å². The maximum Gasteiger partial charge on any atom is 0.231 e. The summed E-state index contributed by atoms with van der Waals surface area (Å²) in [6.07, 6.45) is 0.996. The molecule has 0 unspecified atom stereocenters. The predicted molar refractivity (Wildman–Crippen MR) is 105 cm³/mol. The second-order valence-corrected chi connectivity index (χ2v) is 6.48. The molecule has 0 amide bonds. The molecular formula is C20H24N2O3S. The Hall–Kier alpha value is -2.31. The van der Waals surface area contributed by atoms with Gasteiger partial charge in [-0.3, -0.25) is 0 Å². The molecule has 1 heterocycles. The maximum absolute atomic E-state index is 5.85. The van der Waals surface area contributed by atoms with E-state index >= 15 is 0 Å². The summed E-state index contributed by atoms with van der Waals surface area (Å²) in [5.41, 5.74) is 2.29.